The SMILES string of the molecule is CCOC(=O)COc1ccc2c(c1C)OC(=C=O)C=C2c1cccnc1. The second-order valence-electron chi connectivity index (χ2n) is 5.53. The van der Waals surface area contributed by atoms with E-state index in [-0.39, 0.29) is 12.4 Å². The van der Waals surface area contributed by atoms with Crippen LogP contribution in [0.15, 0.2) is 48.5 Å². The maximum atomic E-state index is 11.5. The van der Waals surface area contributed by atoms with Crippen LogP contribution in [0, 0.1) is 6.92 Å². The van der Waals surface area contributed by atoms with E-state index in [4.69, 9.17) is 14.2 Å². The highest BCUT2D eigenvalue weighted by atomic mass is 16.6. The minimum absolute atomic E-state index is 0.0713. The molecule has 0 radical (unpaired) electrons. The third-order valence-electron chi connectivity index (χ3n) is 3.86. The lowest BCUT2D eigenvalue weighted by Gasteiger charge is -2.22. The van der Waals surface area contributed by atoms with Crippen LogP contribution in [0.3, 0.4) is 0 Å². The van der Waals surface area contributed by atoms with Crippen molar-refractivity contribution in [2.45, 2.75) is 13.8 Å². The molecule has 26 heavy (non-hydrogen) atoms. The van der Waals surface area contributed by atoms with E-state index in [0.29, 0.717) is 23.7 Å². The lowest BCUT2D eigenvalue weighted by Crippen LogP contribution is -2.15. The molecular weight excluding hydrogens is 334 g/mol. The molecule has 1 aliphatic rings. The van der Waals surface area contributed by atoms with Crippen LogP contribution in [0.4, 0.5) is 0 Å². The molecule has 0 atom stereocenters. The Hall–Kier alpha value is -3.37. The Morgan fingerprint density at radius 1 is 1.31 bits per heavy atom. The molecule has 0 unspecified atom stereocenters. The molecule has 0 fully saturated rings. The van der Waals surface area contributed by atoms with Gasteiger partial charge in [0.25, 0.3) is 0 Å². The highest BCUT2D eigenvalue weighted by molar-refractivity contribution is 5.88. The minimum atomic E-state index is -0.449. The Morgan fingerprint density at radius 3 is 2.85 bits per heavy atom. The topological polar surface area (TPSA) is 74.7 Å². The molecule has 6 nitrogen and oxygen atoms in total. The van der Waals surface area contributed by atoms with Crippen LogP contribution < -0.4 is 9.47 Å². The van der Waals surface area contributed by atoms with E-state index >= 15 is 0 Å². The fourth-order valence-electron chi connectivity index (χ4n) is 2.67. The summed E-state index contributed by atoms with van der Waals surface area (Å²) in [7, 11) is 0. The largest absolute Gasteiger partial charge is 0.481 e. The second-order valence-corrected chi connectivity index (χ2v) is 5.53. The molecule has 2 aromatic rings. The van der Waals surface area contributed by atoms with Gasteiger partial charge in [0.1, 0.15) is 11.5 Å². The Bertz CT molecular complexity index is 911. The monoisotopic (exact) mass is 351 g/mol. The van der Waals surface area contributed by atoms with Crippen LogP contribution in [0.2, 0.25) is 0 Å². The summed E-state index contributed by atoms with van der Waals surface area (Å²) >= 11 is 0. The molecule has 1 aromatic carbocycles. The first-order valence-electron chi connectivity index (χ1n) is 8.11. The van der Waals surface area contributed by atoms with Gasteiger partial charge < -0.3 is 14.2 Å². The van der Waals surface area contributed by atoms with Gasteiger partial charge in [-0.25, -0.2) is 9.59 Å². The fourth-order valence-corrected chi connectivity index (χ4v) is 2.67. The zero-order valence-corrected chi connectivity index (χ0v) is 14.4. The number of hydrogen-bond acceptors (Lipinski definition) is 6. The van der Waals surface area contributed by atoms with Gasteiger partial charge in [-0.3, -0.25) is 4.98 Å². The van der Waals surface area contributed by atoms with Crippen molar-refractivity contribution >= 4 is 17.5 Å². The van der Waals surface area contributed by atoms with Crippen molar-refractivity contribution in [3.8, 4) is 11.5 Å². The molecule has 0 N–H and O–H groups in total. The first-order valence-corrected chi connectivity index (χ1v) is 8.11. The number of carbonyl (C=O) groups excluding carboxylic acids is 2. The van der Waals surface area contributed by atoms with Crippen molar-refractivity contribution in [2.75, 3.05) is 13.2 Å². The quantitative estimate of drug-likeness (QED) is 0.609. The first kappa shape index (κ1) is 17.5. The van der Waals surface area contributed by atoms with Crippen LogP contribution >= 0.6 is 0 Å². The zero-order valence-electron chi connectivity index (χ0n) is 14.4. The van der Waals surface area contributed by atoms with Crippen LogP contribution in [0.5, 0.6) is 11.5 Å². The van der Waals surface area contributed by atoms with Gasteiger partial charge in [-0.05, 0) is 37.6 Å². The minimum Gasteiger partial charge on any atom is -0.481 e. The van der Waals surface area contributed by atoms with Crippen molar-refractivity contribution < 1.29 is 23.8 Å². The summed E-state index contributed by atoms with van der Waals surface area (Å²) in [6.07, 6.45) is 5.02. The van der Waals surface area contributed by atoms with Gasteiger partial charge in [-0.15, -0.1) is 0 Å². The maximum Gasteiger partial charge on any atom is 0.344 e. The van der Waals surface area contributed by atoms with E-state index in [0.717, 1.165) is 16.7 Å². The molecule has 3 rings (SSSR count). The molecule has 0 bridgehead atoms. The summed E-state index contributed by atoms with van der Waals surface area (Å²) in [5.41, 5.74) is 3.13. The Morgan fingerprint density at radius 2 is 2.15 bits per heavy atom. The lowest BCUT2D eigenvalue weighted by molar-refractivity contribution is -0.145. The molecule has 2 heterocycles. The normalized spacial score (nSPS) is 12.4. The third-order valence-corrected chi connectivity index (χ3v) is 3.86. The molecule has 0 saturated heterocycles. The lowest BCUT2D eigenvalue weighted by atomic mass is 9.94. The number of hydrogen-bond donors (Lipinski definition) is 0. The van der Waals surface area contributed by atoms with E-state index < -0.39 is 5.97 Å². The number of esters is 1. The summed E-state index contributed by atoms with van der Waals surface area (Å²) in [5, 5.41) is 0. The standard InChI is InChI=1S/C20H17NO5/c1-3-24-19(23)12-25-18-7-6-16-17(14-5-4-8-21-10-14)9-15(11-22)26-20(16)13(18)2/h4-10H,3,12H2,1-2H3. The average Bonchev–Trinajstić information content (AvgIpc) is 2.67. The number of ether oxygens (including phenoxy) is 3. The first-order chi connectivity index (χ1) is 12.6. The van der Waals surface area contributed by atoms with Crippen molar-refractivity contribution in [2.24, 2.45) is 0 Å². The number of rotatable bonds is 5. The average molecular weight is 351 g/mol. The van der Waals surface area contributed by atoms with Crippen LogP contribution in [-0.2, 0) is 14.3 Å². The Balaban J connectivity index is 1.98. The predicted molar refractivity (Wildman–Crippen MR) is 94.5 cm³/mol. The van der Waals surface area contributed by atoms with E-state index in [1.807, 2.05) is 18.2 Å². The summed E-state index contributed by atoms with van der Waals surface area (Å²) in [5.74, 6) is 2.39. The number of pyridine rings is 1. The molecule has 0 amide bonds. The van der Waals surface area contributed by atoms with Gasteiger partial charge in [-0.2, -0.15) is 0 Å². The van der Waals surface area contributed by atoms with E-state index in [2.05, 4.69) is 4.98 Å². The van der Waals surface area contributed by atoms with Gasteiger partial charge in [-0.1, -0.05) is 6.07 Å². The third kappa shape index (κ3) is 3.50. The highest BCUT2D eigenvalue weighted by Crippen LogP contribution is 2.41. The Kier molecular flexibility index (Phi) is 5.15. The molecule has 132 valence electrons. The summed E-state index contributed by atoms with van der Waals surface area (Å²) < 4.78 is 16.1. The van der Waals surface area contributed by atoms with Crippen LogP contribution in [-0.4, -0.2) is 30.1 Å². The Labute approximate surface area is 150 Å². The number of benzene rings is 1. The van der Waals surface area contributed by atoms with Crippen molar-refractivity contribution in [1.29, 1.82) is 0 Å². The van der Waals surface area contributed by atoms with E-state index in [1.165, 1.54) is 0 Å². The van der Waals surface area contributed by atoms with E-state index in [1.54, 1.807) is 44.3 Å². The molecule has 1 aliphatic heterocycles. The van der Waals surface area contributed by atoms with Crippen LogP contribution in [0.25, 0.3) is 5.57 Å². The number of nitrogens with zero attached hydrogens (tertiary/aromatic N) is 1. The van der Waals surface area contributed by atoms with Crippen molar-refractivity contribution in [3.63, 3.8) is 0 Å². The zero-order chi connectivity index (χ0) is 18.5. The van der Waals surface area contributed by atoms with Crippen molar-refractivity contribution in [1.82, 2.24) is 4.98 Å². The number of carbonyl (C=O) groups is 1. The molecule has 0 saturated carbocycles. The van der Waals surface area contributed by atoms with Gasteiger partial charge in [0.05, 0.1) is 6.61 Å². The van der Waals surface area contributed by atoms with Crippen LogP contribution in [0.1, 0.15) is 23.6 Å². The van der Waals surface area contributed by atoms with E-state index in [9.17, 15) is 9.59 Å². The summed E-state index contributed by atoms with van der Waals surface area (Å²) in [6.45, 7) is 3.62. The molecule has 1 aromatic heterocycles. The number of allylic oxidation sites excluding steroid dienone is 1. The summed E-state index contributed by atoms with van der Waals surface area (Å²) in [4.78, 5) is 26.8. The number of fused-ring (bicyclic) bond motifs is 1. The van der Waals surface area contributed by atoms with Gasteiger partial charge >= 0.3 is 5.97 Å². The maximum absolute atomic E-state index is 11.5. The molecule has 0 spiro atoms. The fraction of sp³-hybridized carbons (Fsp3) is 0.200. The van der Waals surface area contributed by atoms with Gasteiger partial charge in [0.2, 0.25) is 5.76 Å². The van der Waals surface area contributed by atoms with Gasteiger partial charge in [0, 0.05) is 35.2 Å². The molecular formula is C20H17NO5. The highest BCUT2D eigenvalue weighted by Gasteiger charge is 2.23. The molecule has 6 heteroatoms. The smallest absolute Gasteiger partial charge is 0.344 e. The second kappa shape index (κ2) is 7.68. The van der Waals surface area contributed by atoms with Crippen molar-refractivity contribution in [3.05, 3.63) is 65.2 Å². The summed E-state index contributed by atoms with van der Waals surface area (Å²) in [6, 6.07) is 7.30. The van der Waals surface area contributed by atoms with Gasteiger partial charge in [0.15, 0.2) is 12.5 Å². The molecule has 0 aliphatic carbocycles. The number of aromatic nitrogens is 1. The predicted octanol–water partition coefficient (Wildman–Crippen LogP) is 2.87.